The first-order chi connectivity index (χ1) is 9.65. The van der Waals surface area contributed by atoms with E-state index in [4.69, 9.17) is 14.0 Å². The van der Waals surface area contributed by atoms with Crippen LogP contribution in [0, 0.1) is 0 Å². The molecule has 1 aromatic heterocycles. The molecule has 7 nitrogen and oxygen atoms in total. The van der Waals surface area contributed by atoms with Gasteiger partial charge in [0.2, 0.25) is 11.7 Å². The summed E-state index contributed by atoms with van der Waals surface area (Å²) in [4.78, 5) is 18.2. The highest BCUT2D eigenvalue weighted by Gasteiger charge is 2.28. The topological polar surface area (TPSA) is 77.7 Å². The molecule has 1 fully saturated rings. The van der Waals surface area contributed by atoms with Crippen molar-refractivity contribution < 1.29 is 18.8 Å². The third-order valence-corrected chi connectivity index (χ3v) is 3.35. The van der Waals surface area contributed by atoms with E-state index in [1.807, 2.05) is 0 Å². The van der Waals surface area contributed by atoms with Gasteiger partial charge in [0, 0.05) is 13.1 Å². The molecule has 2 heterocycles. The Labute approximate surface area is 118 Å². The predicted molar refractivity (Wildman–Crippen MR) is 70.2 cm³/mol. The number of carbonyl (C=O) groups excluding carboxylic acids is 1. The number of hydrogen-bond donors (Lipinski definition) is 0. The Morgan fingerprint density at radius 3 is 3.05 bits per heavy atom. The molecule has 0 aromatic carbocycles. The normalized spacial score (nSPS) is 21.6. The van der Waals surface area contributed by atoms with Gasteiger partial charge < -0.3 is 14.0 Å². The zero-order valence-electron chi connectivity index (χ0n) is 12.2. The number of morpholine rings is 1. The largest absolute Gasteiger partial charge is 0.465 e. The van der Waals surface area contributed by atoms with Gasteiger partial charge >= 0.3 is 5.97 Å². The van der Waals surface area contributed by atoms with Gasteiger partial charge in [0.15, 0.2) is 0 Å². The molecule has 0 N–H and O–H groups in total. The van der Waals surface area contributed by atoms with Crippen LogP contribution in [-0.2, 0) is 14.3 Å². The number of nitrogens with zero attached hydrogens (tertiary/aromatic N) is 3. The molecule has 7 heteroatoms. The minimum absolute atomic E-state index is 0.199. The van der Waals surface area contributed by atoms with E-state index in [2.05, 4.69) is 22.0 Å². The van der Waals surface area contributed by atoms with Crippen molar-refractivity contribution in [3.05, 3.63) is 11.7 Å². The summed E-state index contributed by atoms with van der Waals surface area (Å²) in [6.07, 6.45) is -0.199. The van der Waals surface area contributed by atoms with Crippen molar-refractivity contribution in [2.24, 2.45) is 0 Å². The van der Waals surface area contributed by atoms with Gasteiger partial charge in [-0.05, 0) is 20.4 Å². The number of carbonyl (C=O) groups is 1. The molecular formula is C13H21N3O4. The van der Waals surface area contributed by atoms with E-state index < -0.39 is 5.92 Å². The molecule has 112 valence electrons. The average molecular weight is 283 g/mol. The Balaban J connectivity index is 2.03. The van der Waals surface area contributed by atoms with Crippen LogP contribution in [0.2, 0.25) is 0 Å². The van der Waals surface area contributed by atoms with Crippen LogP contribution in [0.5, 0.6) is 0 Å². The SMILES string of the molecule is CCOC(=O)C(C)c1nc(C2CN(CC)CCO2)no1. The fourth-order valence-corrected chi connectivity index (χ4v) is 2.07. The van der Waals surface area contributed by atoms with E-state index >= 15 is 0 Å². The summed E-state index contributed by atoms with van der Waals surface area (Å²) in [5.41, 5.74) is 0. The Kier molecular flexibility index (Phi) is 5.08. The Bertz CT molecular complexity index is 449. The highest BCUT2D eigenvalue weighted by atomic mass is 16.5. The van der Waals surface area contributed by atoms with E-state index in [1.165, 1.54) is 0 Å². The van der Waals surface area contributed by atoms with Crippen molar-refractivity contribution in [3.8, 4) is 0 Å². The number of ether oxygens (including phenoxy) is 2. The minimum atomic E-state index is -0.554. The maximum Gasteiger partial charge on any atom is 0.318 e. The number of hydrogen-bond acceptors (Lipinski definition) is 7. The third-order valence-electron chi connectivity index (χ3n) is 3.35. The lowest BCUT2D eigenvalue weighted by Crippen LogP contribution is -2.38. The second-order valence-corrected chi connectivity index (χ2v) is 4.72. The van der Waals surface area contributed by atoms with E-state index in [0.717, 1.165) is 19.6 Å². The molecule has 0 saturated carbocycles. The van der Waals surface area contributed by atoms with Gasteiger partial charge in [-0.3, -0.25) is 9.69 Å². The number of esters is 1. The summed E-state index contributed by atoms with van der Waals surface area (Å²) in [6, 6.07) is 0. The first-order valence-electron chi connectivity index (χ1n) is 6.99. The zero-order valence-corrected chi connectivity index (χ0v) is 12.2. The molecule has 1 aliphatic heterocycles. The highest BCUT2D eigenvalue weighted by molar-refractivity contribution is 5.76. The van der Waals surface area contributed by atoms with E-state index in [9.17, 15) is 4.79 Å². The fourth-order valence-electron chi connectivity index (χ4n) is 2.07. The molecule has 1 saturated heterocycles. The fraction of sp³-hybridized carbons (Fsp3) is 0.769. The van der Waals surface area contributed by atoms with Crippen LogP contribution < -0.4 is 0 Å². The second-order valence-electron chi connectivity index (χ2n) is 4.72. The Hall–Kier alpha value is -1.47. The monoisotopic (exact) mass is 283 g/mol. The van der Waals surface area contributed by atoms with Crippen LogP contribution in [0.4, 0.5) is 0 Å². The van der Waals surface area contributed by atoms with Gasteiger partial charge in [0.1, 0.15) is 12.0 Å². The van der Waals surface area contributed by atoms with Gasteiger partial charge in [0.25, 0.3) is 0 Å². The summed E-state index contributed by atoms with van der Waals surface area (Å²) in [6.45, 7) is 9.16. The van der Waals surface area contributed by atoms with Crippen LogP contribution in [-0.4, -0.2) is 53.9 Å². The zero-order chi connectivity index (χ0) is 14.5. The summed E-state index contributed by atoms with van der Waals surface area (Å²) in [5.74, 6) is -0.144. The van der Waals surface area contributed by atoms with Crippen molar-refractivity contribution in [2.75, 3.05) is 32.8 Å². The molecular weight excluding hydrogens is 262 g/mol. The molecule has 2 unspecified atom stereocenters. The van der Waals surface area contributed by atoms with E-state index in [-0.39, 0.29) is 18.0 Å². The molecule has 0 amide bonds. The highest BCUT2D eigenvalue weighted by Crippen LogP contribution is 2.22. The van der Waals surface area contributed by atoms with Crippen molar-refractivity contribution >= 4 is 5.97 Å². The number of aromatic nitrogens is 2. The summed E-state index contributed by atoms with van der Waals surface area (Å²) < 4.78 is 15.8. The molecule has 0 bridgehead atoms. The summed E-state index contributed by atoms with van der Waals surface area (Å²) >= 11 is 0. The molecule has 20 heavy (non-hydrogen) atoms. The Morgan fingerprint density at radius 2 is 2.35 bits per heavy atom. The van der Waals surface area contributed by atoms with Crippen molar-refractivity contribution in [1.82, 2.24) is 15.0 Å². The van der Waals surface area contributed by atoms with Crippen molar-refractivity contribution in [1.29, 1.82) is 0 Å². The van der Waals surface area contributed by atoms with Crippen LogP contribution in [0.3, 0.4) is 0 Å². The lowest BCUT2D eigenvalue weighted by Gasteiger charge is -2.30. The summed E-state index contributed by atoms with van der Waals surface area (Å²) in [5, 5.41) is 3.93. The van der Waals surface area contributed by atoms with Gasteiger partial charge in [0.05, 0.1) is 13.2 Å². The standard InChI is InChI=1S/C13H21N3O4/c1-4-16-6-7-19-10(8-16)11-14-12(20-15-11)9(3)13(17)18-5-2/h9-10H,4-8H2,1-3H3. The quantitative estimate of drug-likeness (QED) is 0.749. The maximum absolute atomic E-state index is 11.6. The third kappa shape index (κ3) is 3.34. The Morgan fingerprint density at radius 1 is 1.55 bits per heavy atom. The minimum Gasteiger partial charge on any atom is -0.465 e. The molecule has 2 rings (SSSR count). The van der Waals surface area contributed by atoms with Gasteiger partial charge in [-0.15, -0.1) is 0 Å². The number of likely N-dealkylation sites (N-methyl/N-ethyl adjacent to an activating group) is 1. The first kappa shape index (κ1) is 14.9. The van der Waals surface area contributed by atoms with E-state index in [1.54, 1.807) is 13.8 Å². The summed E-state index contributed by atoms with van der Waals surface area (Å²) in [7, 11) is 0. The van der Waals surface area contributed by atoms with Crippen molar-refractivity contribution in [3.63, 3.8) is 0 Å². The smallest absolute Gasteiger partial charge is 0.318 e. The van der Waals surface area contributed by atoms with Crippen LogP contribution in [0.25, 0.3) is 0 Å². The predicted octanol–water partition coefficient (Wildman–Crippen LogP) is 1.13. The lowest BCUT2D eigenvalue weighted by molar-refractivity contribution is -0.145. The molecule has 1 aliphatic rings. The van der Waals surface area contributed by atoms with Crippen molar-refractivity contribution in [2.45, 2.75) is 32.8 Å². The van der Waals surface area contributed by atoms with Crippen LogP contribution in [0.15, 0.2) is 4.52 Å². The lowest BCUT2D eigenvalue weighted by atomic mass is 10.2. The van der Waals surface area contributed by atoms with Crippen LogP contribution in [0.1, 0.15) is 44.5 Å². The average Bonchev–Trinajstić information content (AvgIpc) is 2.96. The van der Waals surface area contributed by atoms with Gasteiger partial charge in [-0.25, -0.2) is 0 Å². The van der Waals surface area contributed by atoms with Gasteiger partial charge in [-0.2, -0.15) is 4.98 Å². The van der Waals surface area contributed by atoms with Gasteiger partial charge in [-0.1, -0.05) is 12.1 Å². The number of rotatable bonds is 5. The molecule has 0 radical (unpaired) electrons. The molecule has 0 spiro atoms. The molecule has 0 aliphatic carbocycles. The maximum atomic E-state index is 11.6. The first-order valence-corrected chi connectivity index (χ1v) is 6.99. The molecule has 1 aromatic rings. The van der Waals surface area contributed by atoms with E-state index in [0.29, 0.717) is 19.0 Å². The molecule has 2 atom stereocenters. The van der Waals surface area contributed by atoms with Crippen LogP contribution >= 0.6 is 0 Å². The second kappa shape index (κ2) is 6.81.